The van der Waals surface area contributed by atoms with Crippen LogP contribution in [-0.2, 0) is 0 Å². The van der Waals surface area contributed by atoms with Gasteiger partial charge < -0.3 is 5.11 Å². The van der Waals surface area contributed by atoms with Crippen molar-refractivity contribution >= 4 is 29.5 Å². The lowest BCUT2D eigenvalue weighted by atomic mass is 10.3. The third kappa shape index (κ3) is 3.21. The largest absolute Gasteiger partial charge is 0.478 e. The predicted octanol–water partition coefficient (Wildman–Crippen LogP) is 2.44. The van der Waals surface area contributed by atoms with Gasteiger partial charge in [0.15, 0.2) is 0 Å². The summed E-state index contributed by atoms with van der Waals surface area (Å²) < 4.78 is 0. The highest BCUT2D eigenvalue weighted by atomic mass is 32.2. The minimum Gasteiger partial charge on any atom is -0.478 e. The van der Waals surface area contributed by atoms with E-state index in [-0.39, 0.29) is 5.56 Å². The molecule has 7 heteroatoms. The van der Waals surface area contributed by atoms with Crippen molar-refractivity contribution in [1.29, 1.82) is 0 Å². The molecule has 1 N–H and O–H groups in total. The fraction of sp³-hybridized carbons (Fsp3) is 0.0909. The third-order valence-electron chi connectivity index (χ3n) is 2.02. The van der Waals surface area contributed by atoms with E-state index >= 15 is 0 Å². The van der Waals surface area contributed by atoms with Crippen molar-refractivity contribution < 1.29 is 9.90 Å². The summed E-state index contributed by atoms with van der Waals surface area (Å²) in [6.45, 7) is 0. The zero-order valence-electron chi connectivity index (χ0n) is 9.40. The highest BCUT2D eigenvalue weighted by molar-refractivity contribution is 7.99. The van der Waals surface area contributed by atoms with Gasteiger partial charge in [-0.15, -0.1) is 11.8 Å². The van der Waals surface area contributed by atoms with Crippen LogP contribution in [0.4, 0.5) is 0 Å². The normalized spacial score (nSPS) is 10.3. The Bertz CT molecular complexity index is 560. The quantitative estimate of drug-likeness (QED) is 0.680. The van der Waals surface area contributed by atoms with Crippen LogP contribution in [0.5, 0.6) is 0 Å². The average molecular weight is 279 g/mol. The second-order valence-corrected chi connectivity index (χ2v) is 5.06. The zero-order chi connectivity index (χ0) is 13.0. The number of rotatable bonds is 4. The van der Waals surface area contributed by atoms with E-state index in [1.165, 1.54) is 42.1 Å². The summed E-state index contributed by atoms with van der Waals surface area (Å²) >= 11 is 2.91. The molecule has 0 bridgehead atoms. The van der Waals surface area contributed by atoms with E-state index in [2.05, 4.69) is 15.0 Å². The Hall–Kier alpha value is -1.60. The number of aromatic nitrogens is 3. The number of nitrogens with zero attached hydrogens (tertiary/aromatic N) is 3. The van der Waals surface area contributed by atoms with Gasteiger partial charge in [-0.25, -0.2) is 19.7 Å². The monoisotopic (exact) mass is 279 g/mol. The maximum Gasteiger partial charge on any atom is 0.337 e. The Balaban J connectivity index is 2.15. The number of thioether (sulfide) groups is 1. The number of carbonyl (C=O) groups is 1. The molecule has 0 saturated heterocycles. The molecule has 5 nitrogen and oxygen atoms in total. The van der Waals surface area contributed by atoms with Crippen molar-refractivity contribution in [3.63, 3.8) is 0 Å². The molecule has 0 atom stereocenters. The molecule has 0 fully saturated rings. The number of aromatic carboxylic acids is 1. The molecule has 0 radical (unpaired) electrons. The van der Waals surface area contributed by atoms with Gasteiger partial charge in [-0.3, -0.25) is 0 Å². The second kappa shape index (κ2) is 5.83. The molecule has 2 aromatic heterocycles. The van der Waals surface area contributed by atoms with Crippen LogP contribution in [0.1, 0.15) is 10.4 Å². The van der Waals surface area contributed by atoms with E-state index in [0.29, 0.717) is 5.03 Å². The molecule has 0 aromatic carbocycles. The minimum atomic E-state index is -0.981. The van der Waals surface area contributed by atoms with E-state index < -0.39 is 5.97 Å². The summed E-state index contributed by atoms with van der Waals surface area (Å²) in [6.07, 6.45) is 4.78. The number of pyridine rings is 1. The SMILES string of the molecule is CSc1cc(Sc2ccc(C(=O)O)cn2)ncn1. The highest BCUT2D eigenvalue weighted by Crippen LogP contribution is 2.25. The van der Waals surface area contributed by atoms with Gasteiger partial charge in [0.25, 0.3) is 0 Å². The summed E-state index contributed by atoms with van der Waals surface area (Å²) in [4.78, 5) is 22.9. The molecule has 18 heavy (non-hydrogen) atoms. The van der Waals surface area contributed by atoms with E-state index in [1.807, 2.05) is 12.3 Å². The van der Waals surface area contributed by atoms with Gasteiger partial charge in [-0.1, -0.05) is 0 Å². The van der Waals surface area contributed by atoms with Gasteiger partial charge in [0.1, 0.15) is 21.4 Å². The van der Waals surface area contributed by atoms with E-state index in [1.54, 1.807) is 6.07 Å². The lowest BCUT2D eigenvalue weighted by molar-refractivity contribution is 0.0696. The molecule has 0 spiro atoms. The Labute approximate surface area is 112 Å². The lowest BCUT2D eigenvalue weighted by Gasteiger charge is -2.01. The number of hydrogen-bond donors (Lipinski definition) is 1. The summed E-state index contributed by atoms with van der Waals surface area (Å²) in [5.41, 5.74) is 0.173. The van der Waals surface area contributed by atoms with Gasteiger partial charge in [-0.2, -0.15) is 0 Å². The first kappa shape index (κ1) is 12.8. The topological polar surface area (TPSA) is 76.0 Å². The van der Waals surface area contributed by atoms with Crippen LogP contribution in [-0.4, -0.2) is 32.3 Å². The molecule has 2 heterocycles. The molecule has 92 valence electrons. The van der Waals surface area contributed by atoms with E-state index in [4.69, 9.17) is 5.11 Å². The molecular formula is C11H9N3O2S2. The van der Waals surface area contributed by atoms with Crippen LogP contribution in [0.15, 0.2) is 45.8 Å². The smallest absolute Gasteiger partial charge is 0.337 e. The molecule has 2 rings (SSSR count). The molecular weight excluding hydrogens is 270 g/mol. The molecule has 2 aromatic rings. The van der Waals surface area contributed by atoms with Crippen molar-refractivity contribution in [2.45, 2.75) is 15.1 Å². The standard InChI is InChI=1S/C11H9N3O2S2/c1-17-9-4-10(14-6-13-9)18-8-3-2-7(5-12-8)11(15)16/h2-6H,1H3,(H,15,16). The fourth-order valence-electron chi connectivity index (χ4n) is 1.16. The molecule has 0 aliphatic heterocycles. The number of carboxylic acid groups (broad SMARTS) is 1. The highest BCUT2D eigenvalue weighted by Gasteiger charge is 2.05. The average Bonchev–Trinajstić information content (AvgIpc) is 2.39. The molecule has 0 amide bonds. The van der Waals surface area contributed by atoms with Gasteiger partial charge in [-0.05, 0) is 30.2 Å². The zero-order valence-corrected chi connectivity index (χ0v) is 11.0. The first-order valence-electron chi connectivity index (χ1n) is 4.92. The van der Waals surface area contributed by atoms with Crippen molar-refractivity contribution in [3.8, 4) is 0 Å². The fourth-order valence-corrected chi connectivity index (χ4v) is 2.35. The summed E-state index contributed by atoms with van der Waals surface area (Å²) in [7, 11) is 0. The van der Waals surface area contributed by atoms with Crippen LogP contribution < -0.4 is 0 Å². The Morgan fingerprint density at radius 2 is 1.94 bits per heavy atom. The Morgan fingerprint density at radius 3 is 2.56 bits per heavy atom. The maximum absolute atomic E-state index is 10.7. The minimum absolute atomic E-state index is 0.173. The second-order valence-electron chi connectivity index (χ2n) is 3.19. The third-order valence-corrected chi connectivity index (χ3v) is 3.54. The summed E-state index contributed by atoms with van der Waals surface area (Å²) in [5.74, 6) is -0.981. The van der Waals surface area contributed by atoms with Gasteiger partial charge in [0, 0.05) is 12.3 Å². The van der Waals surface area contributed by atoms with Crippen molar-refractivity contribution in [3.05, 3.63) is 36.3 Å². The van der Waals surface area contributed by atoms with Gasteiger partial charge in [0.2, 0.25) is 0 Å². The van der Waals surface area contributed by atoms with Crippen LogP contribution in [0.3, 0.4) is 0 Å². The van der Waals surface area contributed by atoms with Crippen molar-refractivity contribution in [1.82, 2.24) is 15.0 Å². The summed E-state index contributed by atoms with van der Waals surface area (Å²) in [5, 5.41) is 11.1. The first-order valence-corrected chi connectivity index (χ1v) is 6.96. The van der Waals surface area contributed by atoms with Crippen LogP contribution in [0, 0.1) is 0 Å². The molecule has 0 unspecified atom stereocenters. The Morgan fingerprint density at radius 1 is 1.17 bits per heavy atom. The molecule has 0 aliphatic carbocycles. The van der Waals surface area contributed by atoms with Crippen LogP contribution in [0.25, 0.3) is 0 Å². The van der Waals surface area contributed by atoms with Crippen LogP contribution >= 0.6 is 23.5 Å². The first-order chi connectivity index (χ1) is 8.69. The van der Waals surface area contributed by atoms with Crippen molar-refractivity contribution in [2.75, 3.05) is 6.26 Å². The molecule has 0 aliphatic rings. The van der Waals surface area contributed by atoms with Gasteiger partial charge >= 0.3 is 5.97 Å². The summed E-state index contributed by atoms with van der Waals surface area (Å²) in [6, 6.07) is 5.05. The maximum atomic E-state index is 10.7. The molecule has 0 saturated carbocycles. The predicted molar refractivity (Wildman–Crippen MR) is 69.1 cm³/mol. The number of hydrogen-bond acceptors (Lipinski definition) is 6. The van der Waals surface area contributed by atoms with E-state index in [9.17, 15) is 4.79 Å². The van der Waals surface area contributed by atoms with E-state index in [0.717, 1.165) is 10.1 Å². The van der Waals surface area contributed by atoms with Crippen LogP contribution in [0.2, 0.25) is 0 Å². The number of carboxylic acids is 1. The van der Waals surface area contributed by atoms with Gasteiger partial charge in [0.05, 0.1) is 5.56 Å². The Kier molecular flexibility index (Phi) is 4.16. The lowest BCUT2D eigenvalue weighted by Crippen LogP contribution is -1.96. The van der Waals surface area contributed by atoms with Crippen molar-refractivity contribution in [2.24, 2.45) is 0 Å².